The molecular formula is C14H18F3NO3. The molecule has 0 aromatic heterocycles. The third-order valence-electron chi connectivity index (χ3n) is 3.11. The maximum atomic E-state index is 12.1. The molecule has 0 aliphatic carbocycles. The molecule has 0 saturated carbocycles. The van der Waals surface area contributed by atoms with E-state index < -0.39 is 24.3 Å². The van der Waals surface area contributed by atoms with E-state index in [1.807, 2.05) is 0 Å². The van der Waals surface area contributed by atoms with Crippen molar-refractivity contribution in [2.75, 3.05) is 27.4 Å². The molecule has 0 heterocycles. The van der Waals surface area contributed by atoms with Gasteiger partial charge in [-0.3, -0.25) is 0 Å². The van der Waals surface area contributed by atoms with Gasteiger partial charge in [0.2, 0.25) is 0 Å². The SMILES string of the molecule is CNC(CCOCC(F)(F)F)(C(=O)OC)c1ccccc1. The standard InChI is InChI=1S/C14H18F3NO3/c1-18-13(12(19)20-2,11-6-4-3-5-7-11)8-9-21-10-14(15,16)17/h3-7,18H,8-10H2,1-2H3. The van der Waals surface area contributed by atoms with Crippen molar-refractivity contribution in [3.8, 4) is 0 Å². The van der Waals surface area contributed by atoms with Gasteiger partial charge in [0, 0.05) is 13.0 Å². The van der Waals surface area contributed by atoms with Gasteiger partial charge in [0.25, 0.3) is 0 Å². The largest absolute Gasteiger partial charge is 0.467 e. The van der Waals surface area contributed by atoms with Crippen LogP contribution in [0.1, 0.15) is 12.0 Å². The fraction of sp³-hybridized carbons (Fsp3) is 0.500. The van der Waals surface area contributed by atoms with Crippen molar-refractivity contribution in [2.24, 2.45) is 0 Å². The Hall–Kier alpha value is -1.60. The van der Waals surface area contributed by atoms with Crippen molar-refractivity contribution >= 4 is 5.97 Å². The number of nitrogens with one attached hydrogen (secondary N) is 1. The monoisotopic (exact) mass is 305 g/mol. The van der Waals surface area contributed by atoms with Crippen LogP contribution in [0.3, 0.4) is 0 Å². The summed E-state index contributed by atoms with van der Waals surface area (Å²) in [6, 6.07) is 8.66. The minimum Gasteiger partial charge on any atom is -0.467 e. The third-order valence-corrected chi connectivity index (χ3v) is 3.11. The van der Waals surface area contributed by atoms with Crippen LogP contribution in [-0.2, 0) is 19.8 Å². The molecular weight excluding hydrogens is 287 g/mol. The molecule has 0 spiro atoms. The Bertz CT molecular complexity index is 451. The van der Waals surface area contributed by atoms with Gasteiger partial charge in [-0.25, -0.2) is 4.79 Å². The summed E-state index contributed by atoms with van der Waals surface area (Å²) >= 11 is 0. The molecule has 0 bridgehead atoms. The first-order valence-corrected chi connectivity index (χ1v) is 6.33. The number of hydrogen-bond donors (Lipinski definition) is 1. The Morgan fingerprint density at radius 1 is 1.24 bits per heavy atom. The maximum absolute atomic E-state index is 12.1. The lowest BCUT2D eigenvalue weighted by Gasteiger charge is -2.31. The highest BCUT2D eigenvalue weighted by atomic mass is 19.4. The van der Waals surface area contributed by atoms with E-state index in [-0.39, 0.29) is 13.0 Å². The number of halogens is 3. The Labute approximate surface area is 121 Å². The number of rotatable bonds is 7. The van der Waals surface area contributed by atoms with Crippen LogP contribution in [0.4, 0.5) is 13.2 Å². The molecule has 1 aromatic carbocycles. The number of esters is 1. The molecule has 0 aliphatic rings. The molecule has 1 unspecified atom stereocenters. The summed E-state index contributed by atoms with van der Waals surface area (Å²) in [6.07, 6.45) is -4.36. The fourth-order valence-electron chi connectivity index (χ4n) is 2.05. The number of carbonyl (C=O) groups excluding carboxylic acids is 1. The highest BCUT2D eigenvalue weighted by Crippen LogP contribution is 2.27. The zero-order valence-electron chi connectivity index (χ0n) is 11.9. The molecule has 4 nitrogen and oxygen atoms in total. The van der Waals surface area contributed by atoms with Gasteiger partial charge in [-0.1, -0.05) is 30.3 Å². The summed E-state index contributed by atoms with van der Waals surface area (Å²) < 4.78 is 45.6. The zero-order valence-corrected chi connectivity index (χ0v) is 11.9. The van der Waals surface area contributed by atoms with Gasteiger partial charge < -0.3 is 14.8 Å². The van der Waals surface area contributed by atoms with E-state index in [2.05, 4.69) is 10.1 Å². The molecule has 0 fully saturated rings. The van der Waals surface area contributed by atoms with Crippen molar-refractivity contribution in [3.05, 3.63) is 35.9 Å². The van der Waals surface area contributed by atoms with E-state index in [1.165, 1.54) is 7.11 Å². The normalized spacial score (nSPS) is 14.5. The van der Waals surface area contributed by atoms with Gasteiger partial charge in [-0.2, -0.15) is 13.2 Å². The second-order valence-corrected chi connectivity index (χ2v) is 4.43. The van der Waals surface area contributed by atoms with Crippen LogP contribution in [0.2, 0.25) is 0 Å². The smallest absolute Gasteiger partial charge is 0.411 e. The number of hydrogen-bond acceptors (Lipinski definition) is 4. The number of benzene rings is 1. The van der Waals surface area contributed by atoms with Crippen molar-refractivity contribution in [1.82, 2.24) is 5.32 Å². The fourth-order valence-corrected chi connectivity index (χ4v) is 2.05. The van der Waals surface area contributed by atoms with Gasteiger partial charge in [-0.15, -0.1) is 0 Å². The lowest BCUT2D eigenvalue weighted by Crippen LogP contribution is -2.49. The summed E-state index contributed by atoms with van der Waals surface area (Å²) in [4.78, 5) is 12.1. The molecule has 1 N–H and O–H groups in total. The topological polar surface area (TPSA) is 47.6 Å². The number of alkyl halides is 3. The molecule has 0 amide bonds. The second kappa shape index (κ2) is 7.42. The minimum atomic E-state index is -4.39. The number of likely N-dealkylation sites (N-methyl/N-ethyl adjacent to an activating group) is 1. The second-order valence-electron chi connectivity index (χ2n) is 4.43. The van der Waals surface area contributed by atoms with Crippen molar-refractivity contribution in [2.45, 2.75) is 18.1 Å². The van der Waals surface area contributed by atoms with Crippen LogP contribution in [0, 0.1) is 0 Å². The van der Waals surface area contributed by atoms with Crippen LogP contribution >= 0.6 is 0 Å². The molecule has 118 valence electrons. The Morgan fingerprint density at radius 3 is 2.33 bits per heavy atom. The number of ether oxygens (including phenoxy) is 2. The Kier molecular flexibility index (Phi) is 6.17. The predicted molar refractivity (Wildman–Crippen MR) is 70.7 cm³/mol. The first kappa shape index (κ1) is 17.5. The summed E-state index contributed by atoms with van der Waals surface area (Å²) in [5, 5.41) is 2.84. The third kappa shape index (κ3) is 4.71. The first-order valence-electron chi connectivity index (χ1n) is 6.33. The van der Waals surface area contributed by atoms with Gasteiger partial charge in [-0.05, 0) is 12.6 Å². The molecule has 1 rings (SSSR count). The van der Waals surface area contributed by atoms with Crippen molar-refractivity contribution < 1.29 is 27.4 Å². The molecule has 1 aromatic rings. The highest BCUT2D eigenvalue weighted by molar-refractivity contribution is 5.82. The van der Waals surface area contributed by atoms with Gasteiger partial charge in [0.1, 0.15) is 12.1 Å². The molecule has 7 heteroatoms. The van der Waals surface area contributed by atoms with Crippen LogP contribution in [0.25, 0.3) is 0 Å². The van der Waals surface area contributed by atoms with Crippen LogP contribution in [-0.4, -0.2) is 39.5 Å². The molecule has 21 heavy (non-hydrogen) atoms. The molecule has 0 aliphatic heterocycles. The van der Waals surface area contributed by atoms with Gasteiger partial charge in [0.05, 0.1) is 7.11 Å². The summed E-state index contributed by atoms with van der Waals surface area (Å²) in [5.41, 5.74) is -0.628. The Morgan fingerprint density at radius 2 is 1.86 bits per heavy atom. The minimum absolute atomic E-state index is 0.0241. The lowest BCUT2D eigenvalue weighted by atomic mass is 9.87. The van der Waals surface area contributed by atoms with Crippen LogP contribution in [0.15, 0.2) is 30.3 Å². The summed E-state index contributed by atoms with van der Waals surface area (Å²) in [6.45, 7) is -1.58. The Balaban J connectivity index is 2.85. The first-order chi connectivity index (χ1) is 9.85. The van der Waals surface area contributed by atoms with E-state index in [0.29, 0.717) is 5.56 Å². The average molecular weight is 305 g/mol. The van der Waals surface area contributed by atoms with Crippen LogP contribution in [0.5, 0.6) is 0 Å². The quantitative estimate of drug-likeness (QED) is 0.620. The average Bonchev–Trinajstić information content (AvgIpc) is 2.47. The van der Waals surface area contributed by atoms with E-state index in [4.69, 9.17) is 4.74 Å². The van der Waals surface area contributed by atoms with Crippen LogP contribution < -0.4 is 5.32 Å². The molecule has 0 radical (unpaired) electrons. The van der Waals surface area contributed by atoms with Gasteiger partial charge >= 0.3 is 12.1 Å². The molecule has 1 atom stereocenters. The zero-order chi connectivity index (χ0) is 15.9. The summed E-state index contributed by atoms with van der Waals surface area (Å²) in [7, 11) is 2.78. The van der Waals surface area contributed by atoms with E-state index in [1.54, 1.807) is 37.4 Å². The van der Waals surface area contributed by atoms with Crippen molar-refractivity contribution in [3.63, 3.8) is 0 Å². The number of methoxy groups -OCH3 is 1. The number of carbonyl (C=O) groups is 1. The lowest BCUT2D eigenvalue weighted by molar-refractivity contribution is -0.175. The van der Waals surface area contributed by atoms with Crippen molar-refractivity contribution in [1.29, 1.82) is 0 Å². The predicted octanol–water partition coefficient (Wildman–Crippen LogP) is 2.24. The van der Waals surface area contributed by atoms with E-state index >= 15 is 0 Å². The van der Waals surface area contributed by atoms with Gasteiger partial charge in [0.15, 0.2) is 0 Å². The highest BCUT2D eigenvalue weighted by Gasteiger charge is 2.40. The maximum Gasteiger partial charge on any atom is 0.411 e. The van der Waals surface area contributed by atoms with E-state index in [9.17, 15) is 18.0 Å². The molecule has 0 saturated heterocycles. The summed E-state index contributed by atoms with van der Waals surface area (Å²) in [5.74, 6) is -0.577. The van der Waals surface area contributed by atoms with E-state index in [0.717, 1.165) is 0 Å².